The predicted octanol–water partition coefficient (Wildman–Crippen LogP) is 6.05. The number of thiophene rings is 1. The molecule has 2 aromatic heterocycles. The molecule has 0 fully saturated rings. The molecule has 1 unspecified atom stereocenters. The highest BCUT2D eigenvalue weighted by Crippen LogP contribution is 2.38. The van der Waals surface area contributed by atoms with E-state index in [1.165, 1.54) is 4.88 Å². The maximum Gasteiger partial charge on any atom is 0.0946 e. The first-order valence-electron chi connectivity index (χ1n) is 7.31. The van der Waals surface area contributed by atoms with Gasteiger partial charge in [-0.15, -0.1) is 23.1 Å². The summed E-state index contributed by atoms with van der Waals surface area (Å²) in [7, 11) is 0. The highest BCUT2D eigenvalue weighted by Gasteiger charge is 2.16. The van der Waals surface area contributed by atoms with E-state index in [1.807, 2.05) is 36.9 Å². The molecule has 3 rings (SSSR count). The Balaban J connectivity index is 1.73. The molecule has 0 spiro atoms. The third-order valence-corrected chi connectivity index (χ3v) is 6.65. The van der Waals surface area contributed by atoms with Gasteiger partial charge in [0.2, 0.25) is 0 Å². The average molecular weight is 383 g/mol. The topological polar surface area (TPSA) is 17.8 Å². The molecular weight excluding hydrogens is 367 g/mol. The van der Waals surface area contributed by atoms with E-state index in [1.54, 1.807) is 23.1 Å². The fraction of sp³-hybridized carbons (Fsp3) is 0.235. The number of halogens is 2. The van der Waals surface area contributed by atoms with Crippen LogP contribution in [-0.2, 0) is 13.0 Å². The van der Waals surface area contributed by atoms with Crippen LogP contribution in [0.4, 0.5) is 0 Å². The summed E-state index contributed by atoms with van der Waals surface area (Å²) in [5, 5.41) is 3.94. The first-order chi connectivity index (χ1) is 11.2. The largest absolute Gasteiger partial charge is 0.336 e. The number of aryl methyl sites for hydroxylation is 1. The highest BCUT2D eigenvalue weighted by molar-refractivity contribution is 8.00. The van der Waals surface area contributed by atoms with Gasteiger partial charge in [0, 0.05) is 34.0 Å². The van der Waals surface area contributed by atoms with Gasteiger partial charge >= 0.3 is 0 Å². The summed E-state index contributed by atoms with van der Waals surface area (Å²) in [6.45, 7) is 0.887. The number of hydrogen-bond acceptors (Lipinski definition) is 3. The van der Waals surface area contributed by atoms with Crippen molar-refractivity contribution < 1.29 is 0 Å². The number of benzene rings is 1. The van der Waals surface area contributed by atoms with Crippen LogP contribution < -0.4 is 0 Å². The maximum absolute atomic E-state index is 6.33. The number of hydrogen-bond donors (Lipinski definition) is 0. The molecule has 0 amide bonds. The van der Waals surface area contributed by atoms with Crippen LogP contribution in [0.2, 0.25) is 10.0 Å². The monoisotopic (exact) mass is 382 g/mol. The molecule has 1 aromatic carbocycles. The molecule has 2 nitrogen and oxygen atoms in total. The van der Waals surface area contributed by atoms with Crippen molar-refractivity contribution in [3.05, 3.63) is 69.4 Å². The van der Waals surface area contributed by atoms with Crippen LogP contribution >= 0.6 is 46.3 Å². The standard InChI is InChI=1S/C17H16Cl2N2S2/c18-15-4-1-5-16(19)17(15)23-14(11-21-9-8-20-12-21)7-6-13-3-2-10-22-13/h1-5,8-10,12,14H,6-7,11H2. The smallest absolute Gasteiger partial charge is 0.0946 e. The van der Waals surface area contributed by atoms with Crippen molar-refractivity contribution >= 4 is 46.3 Å². The van der Waals surface area contributed by atoms with E-state index in [9.17, 15) is 0 Å². The van der Waals surface area contributed by atoms with Crippen LogP contribution in [0.25, 0.3) is 0 Å². The third-order valence-electron chi connectivity index (χ3n) is 3.47. The minimum Gasteiger partial charge on any atom is -0.336 e. The predicted molar refractivity (Wildman–Crippen MR) is 101 cm³/mol. The minimum absolute atomic E-state index is 0.378. The molecule has 3 aromatic rings. The fourth-order valence-electron chi connectivity index (χ4n) is 2.34. The minimum atomic E-state index is 0.378. The normalized spacial score (nSPS) is 12.4. The van der Waals surface area contributed by atoms with Gasteiger partial charge in [0.1, 0.15) is 0 Å². The molecule has 0 aliphatic carbocycles. The molecule has 1 atom stereocenters. The summed E-state index contributed by atoms with van der Waals surface area (Å²) in [6, 6.07) is 9.95. The molecule has 120 valence electrons. The zero-order valence-electron chi connectivity index (χ0n) is 12.4. The third kappa shape index (κ3) is 4.77. The molecule has 0 radical (unpaired) electrons. The summed E-state index contributed by atoms with van der Waals surface area (Å²) < 4.78 is 2.11. The first kappa shape index (κ1) is 16.9. The van der Waals surface area contributed by atoms with Gasteiger partial charge in [0.25, 0.3) is 0 Å². The van der Waals surface area contributed by atoms with E-state index < -0.39 is 0 Å². The van der Waals surface area contributed by atoms with Crippen LogP contribution in [-0.4, -0.2) is 14.8 Å². The van der Waals surface area contributed by atoms with Crippen LogP contribution in [0.3, 0.4) is 0 Å². The maximum atomic E-state index is 6.33. The Morgan fingerprint density at radius 2 is 2.00 bits per heavy atom. The second-order valence-electron chi connectivity index (χ2n) is 5.17. The van der Waals surface area contributed by atoms with Crippen molar-refractivity contribution in [2.75, 3.05) is 0 Å². The number of thioether (sulfide) groups is 1. The first-order valence-corrected chi connectivity index (χ1v) is 9.82. The SMILES string of the molecule is Clc1cccc(Cl)c1SC(CCc1cccs1)Cn1ccnc1. The van der Waals surface area contributed by atoms with E-state index in [2.05, 4.69) is 27.1 Å². The molecule has 0 aliphatic heterocycles. The van der Waals surface area contributed by atoms with Gasteiger partial charge in [0.05, 0.1) is 16.4 Å². The number of rotatable bonds is 7. The van der Waals surface area contributed by atoms with Crippen LogP contribution in [0.15, 0.2) is 59.3 Å². The zero-order chi connectivity index (χ0) is 16.1. The number of nitrogens with zero attached hydrogens (tertiary/aromatic N) is 2. The molecule has 0 N–H and O–H groups in total. The van der Waals surface area contributed by atoms with Crippen LogP contribution in [0.5, 0.6) is 0 Å². The quantitative estimate of drug-likeness (QED) is 0.463. The lowest BCUT2D eigenvalue weighted by Crippen LogP contribution is -2.13. The fourth-order valence-corrected chi connectivity index (χ4v) is 4.90. The van der Waals surface area contributed by atoms with E-state index in [0.29, 0.717) is 15.3 Å². The number of aromatic nitrogens is 2. The Morgan fingerprint density at radius 3 is 2.65 bits per heavy atom. The Morgan fingerprint density at radius 1 is 1.17 bits per heavy atom. The Bertz CT molecular complexity index is 707. The van der Waals surface area contributed by atoms with Gasteiger partial charge < -0.3 is 4.57 Å². The summed E-state index contributed by atoms with van der Waals surface area (Å²) in [5.74, 6) is 0. The lowest BCUT2D eigenvalue weighted by Gasteiger charge is -2.18. The molecule has 23 heavy (non-hydrogen) atoms. The van der Waals surface area contributed by atoms with Gasteiger partial charge in [-0.2, -0.15) is 0 Å². The van der Waals surface area contributed by atoms with Gasteiger partial charge in [0.15, 0.2) is 0 Å². The van der Waals surface area contributed by atoms with Crippen LogP contribution in [0.1, 0.15) is 11.3 Å². The van der Waals surface area contributed by atoms with E-state index in [4.69, 9.17) is 23.2 Å². The Hall–Kier alpha value is -0.940. The average Bonchev–Trinajstić information content (AvgIpc) is 3.22. The second kappa shape index (κ2) is 8.25. The number of imidazole rings is 1. The van der Waals surface area contributed by atoms with Gasteiger partial charge in [-0.05, 0) is 36.4 Å². The van der Waals surface area contributed by atoms with Crippen LogP contribution in [0, 0.1) is 0 Å². The Kier molecular flexibility index (Phi) is 6.06. The second-order valence-corrected chi connectivity index (χ2v) is 8.33. The molecule has 0 saturated carbocycles. The summed E-state index contributed by atoms with van der Waals surface area (Å²) in [5.41, 5.74) is 0. The van der Waals surface area contributed by atoms with Crippen molar-refractivity contribution in [3.8, 4) is 0 Å². The summed E-state index contributed by atoms with van der Waals surface area (Å²) in [4.78, 5) is 6.50. The highest BCUT2D eigenvalue weighted by atomic mass is 35.5. The zero-order valence-corrected chi connectivity index (χ0v) is 15.5. The molecule has 6 heteroatoms. The van der Waals surface area contributed by atoms with Crippen molar-refractivity contribution in [2.24, 2.45) is 0 Å². The van der Waals surface area contributed by atoms with Crippen molar-refractivity contribution in [3.63, 3.8) is 0 Å². The Labute approximate surface area is 154 Å². The molecule has 0 bridgehead atoms. The molecular formula is C17H16Cl2N2S2. The summed E-state index contributed by atoms with van der Waals surface area (Å²) in [6.07, 6.45) is 7.78. The van der Waals surface area contributed by atoms with Crippen molar-refractivity contribution in [2.45, 2.75) is 29.5 Å². The van der Waals surface area contributed by atoms with Crippen molar-refractivity contribution in [1.29, 1.82) is 0 Å². The van der Waals surface area contributed by atoms with E-state index in [-0.39, 0.29) is 0 Å². The van der Waals surface area contributed by atoms with E-state index in [0.717, 1.165) is 24.3 Å². The molecule has 0 aliphatic rings. The molecule has 2 heterocycles. The van der Waals surface area contributed by atoms with Gasteiger partial charge in [-0.3, -0.25) is 0 Å². The lowest BCUT2D eigenvalue weighted by atomic mass is 10.2. The van der Waals surface area contributed by atoms with Crippen molar-refractivity contribution in [1.82, 2.24) is 9.55 Å². The molecule has 0 saturated heterocycles. The summed E-state index contributed by atoms with van der Waals surface area (Å²) >= 11 is 16.2. The lowest BCUT2D eigenvalue weighted by molar-refractivity contribution is 0.626. The van der Waals surface area contributed by atoms with Gasteiger partial charge in [-0.25, -0.2) is 4.98 Å². The van der Waals surface area contributed by atoms with Gasteiger partial charge in [-0.1, -0.05) is 35.3 Å². The van der Waals surface area contributed by atoms with E-state index >= 15 is 0 Å².